The first-order valence-electron chi connectivity index (χ1n) is 5.51. The lowest BCUT2D eigenvalue weighted by atomic mass is 10.2. The first-order chi connectivity index (χ1) is 8.25. The van der Waals surface area contributed by atoms with Gasteiger partial charge in [0, 0.05) is 25.4 Å². The first kappa shape index (κ1) is 14.3. The standard InChI is InChI=1S/C13H14N2O2.ClH/c16-13(17)7-6-12-14-8-9-15(12)10-11-4-2-1-3-5-11;/h1-5,8-9H,6-7,10H2,(H,16,17);1H. The van der Waals surface area contributed by atoms with Crippen LogP contribution in [0.5, 0.6) is 0 Å². The van der Waals surface area contributed by atoms with Gasteiger partial charge in [0.1, 0.15) is 5.82 Å². The van der Waals surface area contributed by atoms with E-state index < -0.39 is 5.97 Å². The molecule has 2 aromatic rings. The van der Waals surface area contributed by atoms with Crippen LogP contribution in [-0.4, -0.2) is 20.6 Å². The minimum atomic E-state index is -0.792. The van der Waals surface area contributed by atoms with E-state index in [1.807, 2.05) is 41.1 Å². The summed E-state index contributed by atoms with van der Waals surface area (Å²) in [7, 11) is 0. The van der Waals surface area contributed by atoms with Crippen LogP contribution in [0.1, 0.15) is 17.8 Å². The predicted octanol–water partition coefficient (Wildman–Crippen LogP) is 2.37. The van der Waals surface area contributed by atoms with Gasteiger partial charge in [-0.1, -0.05) is 30.3 Å². The Hall–Kier alpha value is -1.81. The van der Waals surface area contributed by atoms with E-state index in [1.165, 1.54) is 5.56 Å². The highest BCUT2D eigenvalue weighted by molar-refractivity contribution is 5.85. The number of carbonyl (C=O) groups is 1. The molecule has 0 amide bonds. The number of benzene rings is 1. The molecule has 0 unspecified atom stereocenters. The summed E-state index contributed by atoms with van der Waals surface area (Å²) in [5.74, 6) is 0.0236. The Bertz CT molecular complexity index is 497. The molecule has 0 atom stereocenters. The fourth-order valence-corrected chi connectivity index (χ4v) is 1.71. The van der Waals surface area contributed by atoms with Gasteiger partial charge in [-0.15, -0.1) is 12.4 Å². The maximum absolute atomic E-state index is 10.5. The number of hydrogen-bond acceptors (Lipinski definition) is 2. The van der Waals surface area contributed by atoms with E-state index >= 15 is 0 Å². The molecule has 0 spiro atoms. The van der Waals surface area contributed by atoms with E-state index in [0.29, 0.717) is 6.42 Å². The van der Waals surface area contributed by atoms with Crippen molar-refractivity contribution < 1.29 is 9.90 Å². The normalized spacial score (nSPS) is 9.78. The molecule has 0 aliphatic carbocycles. The van der Waals surface area contributed by atoms with E-state index in [0.717, 1.165) is 12.4 Å². The van der Waals surface area contributed by atoms with Crippen LogP contribution in [-0.2, 0) is 17.8 Å². The van der Waals surface area contributed by atoms with Gasteiger partial charge in [0.25, 0.3) is 0 Å². The number of hydrogen-bond donors (Lipinski definition) is 1. The first-order valence-corrected chi connectivity index (χ1v) is 5.51. The van der Waals surface area contributed by atoms with Crippen molar-refractivity contribution in [3.63, 3.8) is 0 Å². The van der Waals surface area contributed by atoms with Gasteiger partial charge in [-0.05, 0) is 5.56 Å². The summed E-state index contributed by atoms with van der Waals surface area (Å²) >= 11 is 0. The van der Waals surface area contributed by atoms with Crippen molar-refractivity contribution in [3.8, 4) is 0 Å². The Balaban J connectivity index is 0.00000162. The van der Waals surface area contributed by atoms with Crippen LogP contribution >= 0.6 is 12.4 Å². The van der Waals surface area contributed by atoms with E-state index in [-0.39, 0.29) is 18.8 Å². The van der Waals surface area contributed by atoms with Crippen molar-refractivity contribution in [1.29, 1.82) is 0 Å². The molecule has 0 saturated heterocycles. The second-order valence-corrected chi connectivity index (χ2v) is 3.85. The molecule has 1 aromatic heterocycles. The molecule has 4 nitrogen and oxygen atoms in total. The van der Waals surface area contributed by atoms with Crippen molar-refractivity contribution in [3.05, 3.63) is 54.1 Å². The molecule has 5 heteroatoms. The molecular formula is C13H15ClN2O2. The fraction of sp³-hybridized carbons (Fsp3) is 0.231. The average molecular weight is 267 g/mol. The SMILES string of the molecule is Cl.O=C(O)CCc1nccn1Cc1ccccc1. The number of carboxylic acid groups (broad SMARTS) is 1. The molecule has 0 radical (unpaired) electrons. The summed E-state index contributed by atoms with van der Waals surface area (Å²) in [5, 5.41) is 8.66. The van der Waals surface area contributed by atoms with Crippen LogP contribution in [0.2, 0.25) is 0 Å². The van der Waals surface area contributed by atoms with Crippen LogP contribution in [0.15, 0.2) is 42.7 Å². The van der Waals surface area contributed by atoms with Crippen molar-refractivity contribution in [1.82, 2.24) is 9.55 Å². The third-order valence-corrected chi connectivity index (χ3v) is 2.56. The minimum absolute atomic E-state index is 0. The summed E-state index contributed by atoms with van der Waals surface area (Å²) in [6, 6.07) is 10.0. The Morgan fingerprint density at radius 3 is 2.67 bits per heavy atom. The zero-order valence-corrected chi connectivity index (χ0v) is 10.6. The fourth-order valence-electron chi connectivity index (χ4n) is 1.71. The summed E-state index contributed by atoms with van der Waals surface area (Å²) in [4.78, 5) is 14.7. The van der Waals surface area contributed by atoms with E-state index in [2.05, 4.69) is 4.98 Å². The lowest BCUT2D eigenvalue weighted by Crippen LogP contribution is -2.07. The highest BCUT2D eigenvalue weighted by Gasteiger charge is 2.05. The number of imidazole rings is 1. The number of carboxylic acids is 1. The molecule has 96 valence electrons. The van der Waals surface area contributed by atoms with Gasteiger partial charge in [-0.3, -0.25) is 4.79 Å². The van der Waals surface area contributed by atoms with Crippen LogP contribution < -0.4 is 0 Å². The monoisotopic (exact) mass is 266 g/mol. The zero-order valence-electron chi connectivity index (χ0n) is 9.82. The third-order valence-electron chi connectivity index (χ3n) is 2.56. The molecule has 0 saturated carbocycles. The molecule has 0 bridgehead atoms. The van der Waals surface area contributed by atoms with Gasteiger partial charge < -0.3 is 9.67 Å². The number of aryl methyl sites for hydroxylation is 1. The summed E-state index contributed by atoms with van der Waals surface area (Å²) in [6.07, 6.45) is 4.17. The van der Waals surface area contributed by atoms with Crippen molar-refractivity contribution in [2.45, 2.75) is 19.4 Å². The minimum Gasteiger partial charge on any atom is -0.481 e. The number of aromatic nitrogens is 2. The second kappa shape index (κ2) is 6.81. The van der Waals surface area contributed by atoms with Gasteiger partial charge in [0.2, 0.25) is 0 Å². The van der Waals surface area contributed by atoms with Gasteiger partial charge in [0.05, 0.1) is 6.42 Å². The van der Waals surface area contributed by atoms with Crippen LogP contribution in [0, 0.1) is 0 Å². The number of nitrogens with zero attached hydrogens (tertiary/aromatic N) is 2. The van der Waals surface area contributed by atoms with Gasteiger partial charge in [0.15, 0.2) is 0 Å². The average Bonchev–Trinajstić information content (AvgIpc) is 2.75. The molecule has 1 aromatic carbocycles. The van der Waals surface area contributed by atoms with Crippen molar-refractivity contribution >= 4 is 18.4 Å². The topological polar surface area (TPSA) is 55.1 Å². The van der Waals surface area contributed by atoms with E-state index in [9.17, 15) is 4.79 Å². The quantitative estimate of drug-likeness (QED) is 0.904. The second-order valence-electron chi connectivity index (χ2n) is 3.85. The Morgan fingerprint density at radius 1 is 1.28 bits per heavy atom. The third kappa shape index (κ3) is 3.89. The van der Waals surface area contributed by atoms with Crippen LogP contribution in [0.25, 0.3) is 0 Å². The number of rotatable bonds is 5. The Labute approximate surface area is 112 Å². The van der Waals surface area contributed by atoms with Crippen LogP contribution in [0.4, 0.5) is 0 Å². The van der Waals surface area contributed by atoms with Crippen molar-refractivity contribution in [2.75, 3.05) is 0 Å². The summed E-state index contributed by atoms with van der Waals surface area (Å²) < 4.78 is 1.98. The van der Waals surface area contributed by atoms with Crippen molar-refractivity contribution in [2.24, 2.45) is 0 Å². The maximum atomic E-state index is 10.5. The lowest BCUT2D eigenvalue weighted by molar-refractivity contribution is -0.137. The smallest absolute Gasteiger partial charge is 0.303 e. The van der Waals surface area contributed by atoms with Gasteiger partial charge >= 0.3 is 5.97 Å². The molecular weight excluding hydrogens is 252 g/mol. The largest absolute Gasteiger partial charge is 0.481 e. The number of aliphatic carboxylic acids is 1. The maximum Gasteiger partial charge on any atom is 0.303 e. The van der Waals surface area contributed by atoms with E-state index in [4.69, 9.17) is 5.11 Å². The molecule has 0 aliphatic rings. The van der Waals surface area contributed by atoms with Gasteiger partial charge in [-0.25, -0.2) is 4.98 Å². The molecule has 0 aliphatic heterocycles. The lowest BCUT2D eigenvalue weighted by Gasteiger charge is -2.06. The molecule has 1 N–H and O–H groups in total. The molecule has 18 heavy (non-hydrogen) atoms. The summed E-state index contributed by atoms with van der Waals surface area (Å²) in [6.45, 7) is 0.732. The molecule has 1 heterocycles. The zero-order chi connectivity index (χ0) is 12.1. The summed E-state index contributed by atoms with van der Waals surface area (Å²) in [5.41, 5.74) is 1.18. The highest BCUT2D eigenvalue weighted by Crippen LogP contribution is 2.07. The highest BCUT2D eigenvalue weighted by atomic mass is 35.5. The predicted molar refractivity (Wildman–Crippen MR) is 71.0 cm³/mol. The molecule has 0 fully saturated rings. The van der Waals surface area contributed by atoms with Gasteiger partial charge in [-0.2, -0.15) is 0 Å². The Morgan fingerprint density at radius 2 is 2.00 bits per heavy atom. The van der Waals surface area contributed by atoms with Crippen LogP contribution in [0.3, 0.4) is 0 Å². The number of halogens is 1. The Kier molecular flexibility index (Phi) is 5.39. The molecule has 2 rings (SSSR count). The van der Waals surface area contributed by atoms with E-state index in [1.54, 1.807) is 6.20 Å².